The van der Waals surface area contributed by atoms with Crippen LogP contribution in [-0.2, 0) is 4.79 Å². The summed E-state index contributed by atoms with van der Waals surface area (Å²) in [7, 11) is 0. The zero-order valence-electron chi connectivity index (χ0n) is 12.7. The van der Waals surface area contributed by atoms with Crippen molar-refractivity contribution < 1.29 is 14.3 Å². The molecule has 2 aliphatic carbocycles. The molecular weight excluding hydrogens is 293 g/mol. The number of halogens is 1. The van der Waals surface area contributed by atoms with E-state index in [0.29, 0.717) is 17.8 Å². The second kappa shape index (κ2) is 5.44. The Hall–Kier alpha value is -2.23. The minimum atomic E-state index is -0.699. The number of pyridine rings is 1. The van der Waals surface area contributed by atoms with Gasteiger partial charge < -0.3 is 5.11 Å². The van der Waals surface area contributed by atoms with Crippen LogP contribution in [0.4, 0.5) is 4.39 Å². The lowest BCUT2D eigenvalue weighted by Crippen LogP contribution is -2.04. The zero-order valence-corrected chi connectivity index (χ0v) is 12.7. The van der Waals surface area contributed by atoms with E-state index in [9.17, 15) is 9.18 Å². The van der Waals surface area contributed by atoms with Gasteiger partial charge in [-0.2, -0.15) is 0 Å². The Balaban J connectivity index is 1.64. The van der Waals surface area contributed by atoms with Gasteiger partial charge in [0.05, 0.1) is 5.52 Å². The van der Waals surface area contributed by atoms with Crippen LogP contribution in [0.1, 0.15) is 31.2 Å². The van der Waals surface area contributed by atoms with Crippen molar-refractivity contribution in [2.24, 2.45) is 17.8 Å². The third-order valence-corrected chi connectivity index (χ3v) is 5.26. The number of carbonyl (C=O) groups is 1. The molecule has 1 aromatic carbocycles. The highest BCUT2D eigenvalue weighted by Gasteiger charge is 2.38. The predicted octanol–water partition coefficient (Wildman–Crippen LogP) is 4.28. The van der Waals surface area contributed by atoms with Crippen LogP contribution >= 0.6 is 0 Å². The van der Waals surface area contributed by atoms with E-state index in [1.54, 1.807) is 18.3 Å². The molecule has 0 radical (unpaired) electrons. The molecule has 23 heavy (non-hydrogen) atoms. The zero-order chi connectivity index (χ0) is 16.0. The van der Waals surface area contributed by atoms with Gasteiger partial charge in [-0.1, -0.05) is 6.08 Å². The number of hydrogen-bond acceptors (Lipinski definition) is 2. The van der Waals surface area contributed by atoms with Crippen molar-refractivity contribution in [3.8, 4) is 0 Å². The summed E-state index contributed by atoms with van der Waals surface area (Å²) >= 11 is 0. The van der Waals surface area contributed by atoms with Gasteiger partial charge in [-0.3, -0.25) is 9.78 Å². The number of nitrogens with zero attached hydrogens (tertiary/aromatic N) is 1. The number of hydrogen-bond donors (Lipinski definition) is 1. The Morgan fingerprint density at radius 3 is 2.96 bits per heavy atom. The molecule has 0 aliphatic heterocycles. The number of aromatic nitrogens is 1. The van der Waals surface area contributed by atoms with Gasteiger partial charge in [0.2, 0.25) is 0 Å². The standard InChI is InChI=1S/C19H18FNO2/c20-15-1-2-18-17(10-15)16(3-4-21-18)14-8-12-5-11(7-19(22)23)6-13(12)9-14/h1-4,8,10-13H,5-7,9H2,(H,22,23)/t11?,12-,13+/m0/s1. The Bertz CT molecular complexity index is 814. The van der Waals surface area contributed by atoms with Gasteiger partial charge in [0.15, 0.2) is 0 Å². The Labute approximate surface area is 133 Å². The maximum Gasteiger partial charge on any atom is 0.303 e. The molecule has 1 fully saturated rings. The van der Waals surface area contributed by atoms with Crippen LogP contribution in [0.25, 0.3) is 16.5 Å². The maximum absolute atomic E-state index is 13.6. The quantitative estimate of drug-likeness (QED) is 0.920. The van der Waals surface area contributed by atoms with Gasteiger partial charge in [0.25, 0.3) is 0 Å². The molecule has 1 saturated carbocycles. The summed E-state index contributed by atoms with van der Waals surface area (Å²) in [6.07, 6.45) is 7.23. The first-order chi connectivity index (χ1) is 11.1. The molecule has 0 amide bonds. The molecule has 1 N–H and O–H groups in total. The first kappa shape index (κ1) is 14.4. The maximum atomic E-state index is 13.6. The van der Waals surface area contributed by atoms with E-state index in [2.05, 4.69) is 11.1 Å². The molecule has 0 spiro atoms. The number of fused-ring (bicyclic) bond motifs is 2. The smallest absolute Gasteiger partial charge is 0.303 e. The number of benzene rings is 1. The Kier molecular flexibility index (Phi) is 3.40. The number of rotatable bonds is 3. The number of allylic oxidation sites excluding steroid dienone is 2. The van der Waals surface area contributed by atoms with Crippen molar-refractivity contribution in [3.05, 3.63) is 47.9 Å². The van der Waals surface area contributed by atoms with Gasteiger partial charge in [0, 0.05) is 18.0 Å². The number of carboxylic acids is 1. The molecule has 3 nitrogen and oxygen atoms in total. The summed E-state index contributed by atoms with van der Waals surface area (Å²) < 4.78 is 13.6. The summed E-state index contributed by atoms with van der Waals surface area (Å²) in [6, 6.07) is 6.67. The van der Waals surface area contributed by atoms with E-state index in [-0.39, 0.29) is 12.2 Å². The summed E-state index contributed by atoms with van der Waals surface area (Å²) in [5, 5.41) is 9.82. The van der Waals surface area contributed by atoms with E-state index < -0.39 is 5.97 Å². The van der Waals surface area contributed by atoms with Crippen molar-refractivity contribution in [2.45, 2.75) is 25.7 Å². The fourth-order valence-electron chi connectivity index (χ4n) is 4.34. The number of aliphatic carboxylic acids is 1. The molecule has 1 aromatic heterocycles. The minimum Gasteiger partial charge on any atom is -0.481 e. The van der Waals surface area contributed by atoms with Crippen LogP contribution in [0, 0.1) is 23.6 Å². The van der Waals surface area contributed by atoms with Crippen LogP contribution in [0.15, 0.2) is 36.5 Å². The molecule has 0 saturated heterocycles. The molecule has 2 aliphatic rings. The van der Waals surface area contributed by atoms with Crippen molar-refractivity contribution in [1.82, 2.24) is 4.98 Å². The normalized spacial score (nSPS) is 26.3. The highest BCUT2D eigenvalue weighted by atomic mass is 19.1. The van der Waals surface area contributed by atoms with Crippen molar-refractivity contribution in [2.75, 3.05) is 0 Å². The molecule has 4 rings (SSSR count). The fourth-order valence-corrected chi connectivity index (χ4v) is 4.34. The van der Waals surface area contributed by atoms with Gasteiger partial charge >= 0.3 is 5.97 Å². The van der Waals surface area contributed by atoms with Crippen molar-refractivity contribution in [1.29, 1.82) is 0 Å². The third kappa shape index (κ3) is 2.62. The van der Waals surface area contributed by atoms with Crippen LogP contribution in [0.3, 0.4) is 0 Å². The predicted molar refractivity (Wildman–Crippen MR) is 86.3 cm³/mol. The molecule has 3 atom stereocenters. The van der Waals surface area contributed by atoms with Crippen molar-refractivity contribution >= 4 is 22.4 Å². The van der Waals surface area contributed by atoms with E-state index in [1.807, 2.05) is 6.07 Å². The molecule has 1 unspecified atom stereocenters. The van der Waals surface area contributed by atoms with Crippen molar-refractivity contribution in [3.63, 3.8) is 0 Å². The fraction of sp³-hybridized carbons (Fsp3) is 0.368. The molecule has 0 bridgehead atoms. The lowest BCUT2D eigenvalue weighted by Gasteiger charge is -2.11. The number of carboxylic acid groups (broad SMARTS) is 1. The summed E-state index contributed by atoms with van der Waals surface area (Å²) in [4.78, 5) is 15.2. The molecule has 118 valence electrons. The first-order valence-electron chi connectivity index (χ1n) is 8.07. The minimum absolute atomic E-state index is 0.243. The molecular formula is C19H18FNO2. The first-order valence-corrected chi connectivity index (χ1v) is 8.07. The van der Waals surface area contributed by atoms with Gasteiger partial charge in [-0.25, -0.2) is 4.39 Å². The van der Waals surface area contributed by atoms with Gasteiger partial charge in [-0.05, 0) is 72.4 Å². The third-order valence-electron chi connectivity index (χ3n) is 5.26. The molecule has 4 heteroatoms. The molecule has 2 aromatic rings. The van der Waals surface area contributed by atoms with Crippen LogP contribution in [0.2, 0.25) is 0 Å². The average molecular weight is 311 g/mol. The second-order valence-electron chi connectivity index (χ2n) is 6.78. The Morgan fingerprint density at radius 2 is 2.17 bits per heavy atom. The van der Waals surface area contributed by atoms with Gasteiger partial charge in [-0.15, -0.1) is 0 Å². The second-order valence-corrected chi connectivity index (χ2v) is 6.78. The summed E-state index contributed by atoms with van der Waals surface area (Å²) in [6.45, 7) is 0. The SMILES string of the molecule is O=C(O)CC1C[C@@H]2CC(c3ccnc4ccc(F)cc34)=C[C@@H]2C1. The summed E-state index contributed by atoms with van der Waals surface area (Å²) in [5.74, 6) is 0.353. The van der Waals surface area contributed by atoms with Crippen LogP contribution in [-0.4, -0.2) is 16.1 Å². The lowest BCUT2D eigenvalue weighted by molar-refractivity contribution is -0.138. The van der Waals surface area contributed by atoms with E-state index in [0.717, 1.165) is 35.7 Å². The van der Waals surface area contributed by atoms with E-state index >= 15 is 0 Å². The highest BCUT2D eigenvalue weighted by Crippen LogP contribution is 2.49. The monoisotopic (exact) mass is 311 g/mol. The average Bonchev–Trinajstić information content (AvgIpc) is 3.04. The summed E-state index contributed by atoms with van der Waals surface area (Å²) in [5.41, 5.74) is 3.14. The molecule has 1 heterocycles. The van der Waals surface area contributed by atoms with E-state index in [4.69, 9.17) is 5.11 Å². The highest BCUT2D eigenvalue weighted by molar-refractivity contribution is 5.92. The topological polar surface area (TPSA) is 50.2 Å². The Morgan fingerprint density at radius 1 is 1.30 bits per heavy atom. The van der Waals surface area contributed by atoms with E-state index in [1.165, 1.54) is 11.6 Å². The van der Waals surface area contributed by atoms with Gasteiger partial charge in [0.1, 0.15) is 5.82 Å². The van der Waals surface area contributed by atoms with Crippen LogP contribution in [0.5, 0.6) is 0 Å². The van der Waals surface area contributed by atoms with Crippen LogP contribution < -0.4 is 0 Å². The lowest BCUT2D eigenvalue weighted by atomic mass is 9.94. The largest absolute Gasteiger partial charge is 0.481 e.